The van der Waals surface area contributed by atoms with Crippen molar-refractivity contribution in [3.63, 3.8) is 0 Å². The minimum absolute atomic E-state index is 0.0543. The Balaban J connectivity index is 1.49. The van der Waals surface area contributed by atoms with Crippen LogP contribution in [0.25, 0.3) is 43.9 Å². The Morgan fingerprint density at radius 3 is 2.75 bits per heavy atom. The summed E-state index contributed by atoms with van der Waals surface area (Å²) in [5.74, 6) is -1.62. The molecule has 0 unspecified atom stereocenters. The highest BCUT2D eigenvalue weighted by molar-refractivity contribution is 7.18. The summed E-state index contributed by atoms with van der Waals surface area (Å²) in [5.41, 5.74) is 6.40. The van der Waals surface area contributed by atoms with Gasteiger partial charge in [-0.05, 0) is 74.5 Å². The van der Waals surface area contributed by atoms with Gasteiger partial charge in [-0.2, -0.15) is 5.10 Å². The van der Waals surface area contributed by atoms with Crippen molar-refractivity contribution >= 4 is 27.3 Å². The van der Waals surface area contributed by atoms with E-state index in [4.69, 9.17) is 19.6 Å². The maximum atomic E-state index is 16.1. The number of halogens is 2. The van der Waals surface area contributed by atoms with Crippen LogP contribution in [0, 0.1) is 11.6 Å². The van der Waals surface area contributed by atoms with E-state index >= 15 is 4.39 Å². The maximum absolute atomic E-state index is 16.1. The van der Waals surface area contributed by atoms with Crippen molar-refractivity contribution < 1.29 is 23.0 Å². The van der Waals surface area contributed by atoms with Crippen LogP contribution in [0.3, 0.4) is 0 Å². The van der Waals surface area contributed by atoms with Gasteiger partial charge in [0.1, 0.15) is 35.4 Å². The number of pyridine rings is 1. The van der Waals surface area contributed by atoms with Gasteiger partial charge in [-0.15, -0.1) is 11.3 Å². The third-order valence-corrected chi connectivity index (χ3v) is 10.3. The minimum Gasteiger partial charge on any atom is -0.490 e. The fourth-order valence-corrected chi connectivity index (χ4v) is 7.95. The number of benzene rings is 2. The first kappa shape index (κ1) is 32.1. The fourth-order valence-electron chi connectivity index (χ4n) is 7.00. The van der Waals surface area contributed by atoms with Crippen molar-refractivity contribution in [3.8, 4) is 39.5 Å². The first-order valence-electron chi connectivity index (χ1n) is 16.0. The molecule has 1 amide bonds. The van der Waals surface area contributed by atoms with Gasteiger partial charge < -0.3 is 19.7 Å². The number of fused-ring (bicyclic) bond motifs is 3. The number of aromatic nitrogens is 3. The van der Waals surface area contributed by atoms with E-state index in [9.17, 15) is 9.18 Å². The van der Waals surface area contributed by atoms with E-state index in [1.54, 1.807) is 4.90 Å². The average Bonchev–Trinajstić information content (AvgIpc) is 3.72. The number of amides is 1. The molecule has 3 aromatic heterocycles. The Morgan fingerprint density at radius 2 is 1.96 bits per heavy atom. The Bertz CT molecular complexity index is 2070. The molecule has 5 aromatic rings. The zero-order valence-electron chi connectivity index (χ0n) is 27.4. The number of hydrogen-bond donors (Lipinski definition) is 1. The molecule has 248 valence electrons. The van der Waals surface area contributed by atoms with Gasteiger partial charge in [-0.25, -0.2) is 13.8 Å². The van der Waals surface area contributed by atoms with Crippen molar-refractivity contribution in [1.82, 2.24) is 25.0 Å². The van der Waals surface area contributed by atoms with Gasteiger partial charge in [-0.3, -0.25) is 9.48 Å². The first-order chi connectivity index (χ1) is 23.1. The molecule has 0 saturated heterocycles. The summed E-state index contributed by atoms with van der Waals surface area (Å²) in [6.45, 7) is 12.1. The van der Waals surface area contributed by atoms with Gasteiger partial charge >= 0.3 is 0 Å². The zero-order chi connectivity index (χ0) is 33.7. The summed E-state index contributed by atoms with van der Waals surface area (Å²) >= 11 is 1.46. The van der Waals surface area contributed by atoms with E-state index in [1.165, 1.54) is 41.7 Å². The largest absolute Gasteiger partial charge is 0.490 e. The van der Waals surface area contributed by atoms with E-state index in [0.717, 1.165) is 46.1 Å². The molecule has 7 rings (SSSR count). The topological polar surface area (TPSA) is 81.5 Å². The summed E-state index contributed by atoms with van der Waals surface area (Å²) in [4.78, 5) is 19.7. The second-order valence-corrected chi connectivity index (χ2v) is 13.6. The highest BCUT2D eigenvalue weighted by Gasteiger charge is 2.32. The summed E-state index contributed by atoms with van der Waals surface area (Å²) in [6, 6.07) is 12.2. The van der Waals surface area contributed by atoms with E-state index in [0.29, 0.717) is 30.0 Å². The maximum Gasteiger partial charge on any atom is 0.246 e. The lowest BCUT2D eigenvalue weighted by atomic mass is 9.84. The number of rotatable bonds is 8. The quantitative estimate of drug-likeness (QED) is 0.138. The van der Waals surface area contributed by atoms with Gasteiger partial charge in [0.15, 0.2) is 0 Å². The van der Waals surface area contributed by atoms with Crippen LogP contribution < -0.4 is 10.1 Å². The van der Waals surface area contributed by atoms with Gasteiger partial charge in [0.25, 0.3) is 0 Å². The fraction of sp³-hybridized carbons (Fsp3) is 0.324. The molecule has 2 aliphatic rings. The van der Waals surface area contributed by atoms with Gasteiger partial charge in [0.2, 0.25) is 5.91 Å². The summed E-state index contributed by atoms with van der Waals surface area (Å²) < 4.78 is 44.6. The molecule has 1 atom stereocenters. The van der Waals surface area contributed by atoms with Crippen LogP contribution in [0.4, 0.5) is 8.78 Å². The van der Waals surface area contributed by atoms with E-state index < -0.39 is 11.6 Å². The first-order valence-corrected chi connectivity index (χ1v) is 16.9. The van der Waals surface area contributed by atoms with Crippen molar-refractivity contribution in [3.05, 3.63) is 89.0 Å². The van der Waals surface area contributed by atoms with Gasteiger partial charge in [0.05, 0.1) is 36.1 Å². The van der Waals surface area contributed by atoms with Crippen LogP contribution in [-0.2, 0) is 28.0 Å². The number of methoxy groups -OCH3 is 1. The lowest BCUT2D eigenvalue weighted by Crippen LogP contribution is -2.42. The van der Waals surface area contributed by atoms with Crippen LogP contribution >= 0.6 is 11.3 Å². The molecular weight excluding hydrogens is 633 g/mol. The molecule has 2 aromatic carbocycles. The molecule has 0 radical (unpaired) electrons. The van der Waals surface area contributed by atoms with Crippen molar-refractivity contribution in [1.29, 1.82) is 0 Å². The minimum atomic E-state index is -0.767. The van der Waals surface area contributed by atoms with Crippen LogP contribution in [0.15, 0.2) is 60.5 Å². The normalized spacial score (nSPS) is 16.9. The Labute approximate surface area is 282 Å². The Hall–Kier alpha value is -4.45. The van der Waals surface area contributed by atoms with Crippen LogP contribution in [0.2, 0.25) is 0 Å². The molecule has 1 N–H and O–H groups in total. The van der Waals surface area contributed by atoms with E-state index in [2.05, 4.69) is 43.9 Å². The van der Waals surface area contributed by atoms with Crippen LogP contribution in [0.1, 0.15) is 43.6 Å². The molecule has 8 nitrogen and oxygen atoms in total. The molecule has 0 fully saturated rings. The number of hydrogen-bond acceptors (Lipinski definition) is 7. The molecular formula is C37H37F2N5O3S. The number of thiophene rings is 1. The number of carbonyl (C=O) groups is 1. The number of nitrogens with one attached hydrogen (secondary N) is 1. The molecule has 5 heterocycles. The standard InChI is InChI=1S/C37H37F2N5O3S/c1-6-31(45)43-12-13-44-29(21(43)2)20-28(42-44)35-33(32-27(39)18-24(38)19-30(32)47-15-14-46-5)36-25(10-16-48-36)34(41-35)23-7-8-26-22(17-23)9-11-40-37(26,3)4/h6-8,10,16-21,40H,1,9,11-15H2,2-5H3/t21-/m1/s1. The van der Waals surface area contributed by atoms with Crippen LogP contribution in [0.5, 0.6) is 5.75 Å². The highest BCUT2D eigenvalue weighted by atomic mass is 32.1. The molecule has 11 heteroatoms. The predicted molar refractivity (Wildman–Crippen MR) is 184 cm³/mol. The average molecular weight is 670 g/mol. The highest BCUT2D eigenvalue weighted by Crippen LogP contribution is 2.48. The molecule has 2 aliphatic heterocycles. The van der Waals surface area contributed by atoms with Crippen molar-refractivity contribution in [2.45, 2.75) is 45.3 Å². The van der Waals surface area contributed by atoms with Gasteiger partial charge in [-0.1, -0.05) is 18.7 Å². The molecule has 0 bridgehead atoms. The van der Waals surface area contributed by atoms with Crippen LogP contribution in [-0.4, -0.2) is 59.0 Å². The summed E-state index contributed by atoms with van der Waals surface area (Å²) in [7, 11) is 1.54. The molecule has 0 spiro atoms. The monoisotopic (exact) mass is 669 g/mol. The lowest BCUT2D eigenvalue weighted by Gasteiger charge is -2.34. The number of nitrogens with zero attached hydrogens (tertiary/aromatic N) is 4. The summed E-state index contributed by atoms with van der Waals surface area (Å²) in [5, 5.41) is 11.4. The van der Waals surface area contributed by atoms with Crippen molar-refractivity contribution in [2.75, 3.05) is 33.4 Å². The third-order valence-electron chi connectivity index (χ3n) is 9.39. The summed E-state index contributed by atoms with van der Waals surface area (Å²) in [6.07, 6.45) is 2.21. The smallest absolute Gasteiger partial charge is 0.246 e. The van der Waals surface area contributed by atoms with Gasteiger partial charge in [0, 0.05) is 52.5 Å². The second kappa shape index (κ2) is 12.5. The number of ether oxygens (including phenoxy) is 2. The predicted octanol–water partition coefficient (Wildman–Crippen LogP) is 7.27. The SMILES string of the molecule is C=CC(=O)N1CCn2nc(-c3nc(-c4ccc5c(c4)CCNC5(C)C)c4ccsc4c3-c3c(F)cc(F)cc3OCCOC)cc2[C@H]1C. The lowest BCUT2D eigenvalue weighted by molar-refractivity contribution is -0.129. The third kappa shape index (κ3) is 5.49. The Morgan fingerprint density at radius 1 is 1.12 bits per heavy atom. The number of carbonyl (C=O) groups excluding carboxylic acids is 1. The second-order valence-electron chi connectivity index (χ2n) is 12.7. The zero-order valence-corrected chi connectivity index (χ0v) is 28.2. The van der Waals surface area contributed by atoms with E-state index in [-0.39, 0.29) is 42.0 Å². The van der Waals surface area contributed by atoms with E-state index in [1.807, 2.05) is 29.1 Å². The molecule has 0 aliphatic carbocycles. The molecule has 0 saturated carbocycles. The Kier molecular flexibility index (Phi) is 8.39. The molecule has 48 heavy (non-hydrogen) atoms. The van der Waals surface area contributed by atoms with Crippen molar-refractivity contribution in [2.24, 2.45) is 0 Å².